The maximum Gasteiger partial charge on any atom is 0.416 e. The van der Waals surface area contributed by atoms with Crippen LogP contribution in [0.15, 0.2) is 35.9 Å². The molecule has 2 aromatic carbocycles. The van der Waals surface area contributed by atoms with E-state index in [2.05, 4.69) is 0 Å². The van der Waals surface area contributed by atoms with Crippen LogP contribution in [0.3, 0.4) is 0 Å². The second-order valence-electron chi connectivity index (χ2n) is 13.0. The highest BCUT2D eigenvalue weighted by Crippen LogP contribution is 2.42. The fraction of sp³-hybridized carbons (Fsp3) is 0.515. The minimum atomic E-state index is -5.08. The Morgan fingerprint density at radius 2 is 1.60 bits per heavy atom. The molecular formula is C33H37F7N2O5. The molecule has 0 unspecified atom stereocenters. The van der Waals surface area contributed by atoms with E-state index in [4.69, 9.17) is 14.2 Å². The fourth-order valence-electron chi connectivity index (χ4n) is 5.66. The zero-order chi connectivity index (χ0) is 35.2. The summed E-state index contributed by atoms with van der Waals surface area (Å²) in [5, 5.41) is 0. The molecule has 7 nitrogen and oxygen atoms in total. The van der Waals surface area contributed by atoms with Gasteiger partial charge in [-0.2, -0.15) is 26.3 Å². The molecule has 0 spiro atoms. The number of amides is 2. The predicted octanol–water partition coefficient (Wildman–Crippen LogP) is 8.97. The summed E-state index contributed by atoms with van der Waals surface area (Å²) in [6.07, 6.45) is -12.9. The highest BCUT2D eigenvalue weighted by Gasteiger charge is 2.44. The lowest BCUT2D eigenvalue weighted by atomic mass is 9.89. The monoisotopic (exact) mass is 674 g/mol. The minimum Gasteiger partial charge on any atom is -0.496 e. The van der Waals surface area contributed by atoms with Crippen LogP contribution in [-0.2, 0) is 21.8 Å². The van der Waals surface area contributed by atoms with Crippen molar-refractivity contribution in [1.82, 2.24) is 9.80 Å². The van der Waals surface area contributed by atoms with Gasteiger partial charge in [-0.25, -0.2) is 14.0 Å². The summed E-state index contributed by atoms with van der Waals surface area (Å²) in [5.41, 5.74) is -2.30. The Morgan fingerprint density at radius 3 is 2.11 bits per heavy atom. The number of rotatable bonds is 6. The SMILES string of the molecule is COc1cc(F)c(C(C)C)cc1C1=C(CN2C(=O)O[C@H](c3cc(C(F)(F)F)cc(C(F)(F)F)c3)[C@@H]2C)CCN(C(=O)OC(C)(C)C)C1. The summed E-state index contributed by atoms with van der Waals surface area (Å²) in [6.45, 7) is 10.3. The van der Waals surface area contributed by atoms with Crippen molar-refractivity contribution in [2.24, 2.45) is 0 Å². The average molecular weight is 675 g/mol. The highest BCUT2D eigenvalue weighted by molar-refractivity contribution is 5.81. The Hall–Kier alpha value is -3.97. The molecule has 2 aliphatic heterocycles. The molecule has 4 rings (SSSR count). The maximum absolute atomic E-state index is 15.0. The van der Waals surface area contributed by atoms with Crippen LogP contribution >= 0.6 is 0 Å². The van der Waals surface area contributed by atoms with Gasteiger partial charge in [-0.3, -0.25) is 4.90 Å². The van der Waals surface area contributed by atoms with Crippen LogP contribution in [0.5, 0.6) is 5.75 Å². The molecule has 2 atom stereocenters. The zero-order valence-corrected chi connectivity index (χ0v) is 27.0. The van der Waals surface area contributed by atoms with Gasteiger partial charge in [0.2, 0.25) is 0 Å². The van der Waals surface area contributed by atoms with Gasteiger partial charge in [-0.1, -0.05) is 13.8 Å². The second-order valence-corrected chi connectivity index (χ2v) is 13.0. The van der Waals surface area contributed by atoms with E-state index in [1.807, 2.05) is 0 Å². The Balaban J connectivity index is 1.77. The van der Waals surface area contributed by atoms with Crippen LogP contribution in [0.2, 0.25) is 0 Å². The number of carbonyl (C=O) groups excluding carboxylic acids is 2. The van der Waals surface area contributed by atoms with Crippen LogP contribution in [0.1, 0.15) is 87.8 Å². The third kappa shape index (κ3) is 7.95. The van der Waals surface area contributed by atoms with Crippen molar-refractivity contribution in [3.63, 3.8) is 0 Å². The van der Waals surface area contributed by atoms with Crippen molar-refractivity contribution in [3.8, 4) is 5.75 Å². The van der Waals surface area contributed by atoms with Gasteiger partial charge in [0.1, 0.15) is 23.3 Å². The van der Waals surface area contributed by atoms with Gasteiger partial charge < -0.3 is 19.1 Å². The lowest BCUT2D eigenvalue weighted by Crippen LogP contribution is -2.42. The third-order valence-electron chi connectivity index (χ3n) is 8.07. The van der Waals surface area contributed by atoms with E-state index < -0.39 is 64.8 Å². The Bertz CT molecular complexity index is 1530. The first-order chi connectivity index (χ1) is 21.6. The van der Waals surface area contributed by atoms with Gasteiger partial charge in [0.25, 0.3) is 0 Å². The molecule has 47 heavy (non-hydrogen) atoms. The van der Waals surface area contributed by atoms with Crippen molar-refractivity contribution < 1.29 is 54.5 Å². The van der Waals surface area contributed by atoms with E-state index in [9.17, 15) is 40.3 Å². The number of alkyl halides is 6. The number of halogens is 7. The van der Waals surface area contributed by atoms with Crippen molar-refractivity contribution in [3.05, 3.63) is 69.5 Å². The van der Waals surface area contributed by atoms with E-state index in [-0.39, 0.29) is 43.8 Å². The molecule has 0 N–H and O–H groups in total. The molecular weight excluding hydrogens is 637 g/mol. The Morgan fingerprint density at radius 1 is 1.00 bits per heavy atom. The maximum atomic E-state index is 15.0. The first-order valence-corrected chi connectivity index (χ1v) is 14.9. The van der Waals surface area contributed by atoms with Crippen molar-refractivity contribution in [2.75, 3.05) is 26.7 Å². The molecule has 258 valence electrons. The number of ether oxygens (including phenoxy) is 3. The molecule has 2 aromatic rings. The Labute approximate surface area is 268 Å². The number of methoxy groups -OCH3 is 1. The molecule has 0 saturated carbocycles. The predicted molar refractivity (Wildman–Crippen MR) is 158 cm³/mol. The first-order valence-electron chi connectivity index (χ1n) is 14.9. The first kappa shape index (κ1) is 35.9. The number of carbonyl (C=O) groups is 2. The summed E-state index contributed by atoms with van der Waals surface area (Å²) in [7, 11) is 1.36. The summed E-state index contributed by atoms with van der Waals surface area (Å²) in [6, 6.07) is 2.98. The lowest BCUT2D eigenvalue weighted by molar-refractivity contribution is -0.143. The number of nitrogens with zero attached hydrogens (tertiary/aromatic N) is 2. The molecule has 1 saturated heterocycles. The normalized spacial score (nSPS) is 19.4. The van der Waals surface area contributed by atoms with E-state index in [1.54, 1.807) is 40.7 Å². The molecule has 0 aromatic heterocycles. The van der Waals surface area contributed by atoms with Gasteiger partial charge in [0.15, 0.2) is 0 Å². The Kier molecular flexibility index (Phi) is 9.86. The fourth-order valence-corrected chi connectivity index (χ4v) is 5.66. The number of hydrogen-bond acceptors (Lipinski definition) is 5. The largest absolute Gasteiger partial charge is 0.496 e. The van der Waals surface area contributed by atoms with Gasteiger partial charge in [-0.05, 0) is 86.6 Å². The van der Waals surface area contributed by atoms with Gasteiger partial charge >= 0.3 is 24.5 Å². The topological polar surface area (TPSA) is 68.3 Å². The van der Waals surface area contributed by atoms with Crippen molar-refractivity contribution in [1.29, 1.82) is 0 Å². The number of hydrogen-bond donors (Lipinski definition) is 0. The lowest BCUT2D eigenvalue weighted by Gasteiger charge is -2.35. The summed E-state index contributed by atoms with van der Waals surface area (Å²) in [4.78, 5) is 28.9. The van der Waals surface area contributed by atoms with Crippen LogP contribution in [0.4, 0.5) is 40.3 Å². The van der Waals surface area contributed by atoms with Crippen LogP contribution in [0.25, 0.3) is 5.57 Å². The summed E-state index contributed by atoms with van der Waals surface area (Å²) >= 11 is 0. The quantitative estimate of drug-likeness (QED) is 0.286. The molecule has 2 aliphatic rings. The summed E-state index contributed by atoms with van der Waals surface area (Å²) < 4.78 is 113. The van der Waals surface area contributed by atoms with Crippen LogP contribution in [-0.4, -0.2) is 60.4 Å². The standard InChI is InChI=1S/C33H37F7N2O5/c1-17(2)23-13-24(27(45-7)14-26(23)34)25-16-41(29(43)47-31(4,5)6)9-8-19(25)15-42-18(3)28(46-30(42)44)20-10-21(32(35,36)37)12-22(11-20)33(38,39)40/h10-14,17-18,28H,8-9,15-16H2,1-7H3/t18-,28-/m0/s1. The molecule has 2 heterocycles. The molecule has 0 aliphatic carbocycles. The molecule has 0 radical (unpaired) electrons. The second kappa shape index (κ2) is 12.9. The molecule has 1 fully saturated rings. The highest BCUT2D eigenvalue weighted by atomic mass is 19.4. The zero-order valence-electron chi connectivity index (χ0n) is 27.0. The average Bonchev–Trinajstić information content (AvgIpc) is 3.23. The van der Waals surface area contributed by atoms with E-state index >= 15 is 0 Å². The molecule has 14 heteroatoms. The van der Waals surface area contributed by atoms with Gasteiger partial charge in [-0.15, -0.1) is 0 Å². The third-order valence-corrected chi connectivity index (χ3v) is 8.07. The van der Waals surface area contributed by atoms with Crippen molar-refractivity contribution in [2.45, 2.75) is 84.0 Å². The van der Waals surface area contributed by atoms with Gasteiger partial charge in [0.05, 0.1) is 24.3 Å². The smallest absolute Gasteiger partial charge is 0.416 e. The molecule has 2 amide bonds. The number of benzene rings is 2. The van der Waals surface area contributed by atoms with Crippen molar-refractivity contribution >= 4 is 17.8 Å². The van der Waals surface area contributed by atoms with Gasteiger partial charge in [0, 0.05) is 31.3 Å². The van der Waals surface area contributed by atoms with E-state index in [0.717, 1.165) is 0 Å². The van der Waals surface area contributed by atoms with E-state index in [1.165, 1.54) is 29.9 Å². The number of cyclic esters (lactones) is 1. The summed E-state index contributed by atoms with van der Waals surface area (Å²) in [5.74, 6) is -0.553. The minimum absolute atomic E-state index is 0.00690. The van der Waals surface area contributed by atoms with Crippen LogP contribution in [0, 0.1) is 5.82 Å². The van der Waals surface area contributed by atoms with Crippen LogP contribution < -0.4 is 4.74 Å². The molecule has 0 bridgehead atoms. The van der Waals surface area contributed by atoms with E-state index in [0.29, 0.717) is 34.4 Å².